The number of pyridine rings is 1. The number of thioether (sulfide) groups is 1. The number of aromatic nitrogens is 1. The van der Waals surface area contributed by atoms with Crippen LogP contribution in [0.15, 0.2) is 75.6 Å². The molecule has 0 aliphatic rings. The molecular formula is C18H14N2O3S. The molecule has 0 atom stereocenters. The maximum atomic E-state index is 12.5. The Balaban J connectivity index is 1.86. The SMILES string of the molecule is C=CCSc1ncccc1C(=O)Nc1ccc2oc(=O)ccc2c1. The van der Waals surface area contributed by atoms with E-state index in [2.05, 4.69) is 16.9 Å². The minimum absolute atomic E-state index is 0.244. The lowest BCUT2D eigenvalue weighted by Crippen LogP contribution is -2.13. The van der Waals surface area contributed by atoms with Gasteiger partial charge < -0.3 is 9.73 Å². The second kappa shape index (κ2) is 7.14. The van der Waals surface area contributed by atoms with Gasteiger partial charge in [-0.15, -0.1) is 18.3 Å². The fourth-order valence-corrected chi connectivity index (χ4v) is 2.89. The van der Waals surface area contributed by atoms with Gasteiger partial charge in [0.15, 0.2) is 0 Å². The minimum Gasteiger partial charge on any atom is -0.423 e. The molecule has 0 saturated heterocycles. The first-order chi connectivity index (χ1) is 11.7. The number of benzene rings is 1. The highest BCUT2D eigenvalue weighted by Crippen LogP contribution is 2.22. The van der Waals surface area contributed by atoms with Gasteiger partial charge in [-0.3, -0.25) is 4.79 Å². The summed E-state index contributed by atoms with van der Waals surface area (Å²) in [5.41, 5.74) is 1.19. The Morgan fingerprint density at radius 2 is 2.17 bits per heavy atom. The molecule has 3 rings (SSSR count). The zero-order valence-electron chi connectivity index (χ0n) is 12.7. The summed E-state index contributed by atoms with van der Waals surface area (Å²) in [6, 6.07) is 11.6. The first kappa shape index (κ1) is 16.0. The van der Waals surface area contributed by atoms with Crippen LogP contribution in [0.4, 0.5) is 5.69 Å². The molecule has 0 unspecified atom stereocenters. The molecule has 2 heterocycles. The van der Waals surface area contributed by atoms with Crippen molar-refractivity contribution < 1.29 is 9.21 Å². The van der Waals surface area contributed by atoms with Crippen LogP contribution in [-0.2, 0) is 0 Å². The van der Waals surface area contributed by atoms with Crippen molar-refractivity contribution in [2.45, 2.75) is 5.03 Å². The van der Waals surface area contributed by atoms with Crippen LogP contribution < -0.4 is 10.9 Å². The van der Waals surface area contributed by atoms with E-state index in [1.165, 1.54) is 17.8 Å². The second-order valence-corrected chi connectivity index (χ2v) is 5.93. The Kier molecular flexibility index (Phi) is 4.77. The molecule has 0 aliphatic carbocycles. The fourth-order valence-electron chi connectivity index (χ4n) is 2.16. The molecule has 0 saturated carbocycles. The lowest BCUT2D eigenvalue weighted by atomic mass is 10.2. The molecule has 120 valence electrons. The van der Waals surface area contributed by atoms with Gasteiger partial charge in [-0.1, -0.05) is 6.08 Å². The number of nitrogens with one attached hydrogen (secondary N) is 1. The average molecular weight is 338 g/mol. The Morgan fingerprint density at radius 3 is 3.00 bits per heavy atom. The number of hydrogen-bond donors (Lipinski definition) is 1. The summed E-state index contributed by atoms with van der Waals surface area (Å²) in [6.07, 6.45) is 3.42. The van der Waals surface area contributed by atoms with Crippen molar-refractivity contribution in [2.75, 3.05) is 11.1 Å². The molecule has 1 N–H and O–H groups in total. The standard InChI is InChI=1S/C18H14N2O3S/c1-2-10-24-18-14(4-3-9-19-18)17(22)20-13-6-7-15-12(11-13)5-8-16(21)23-15/h2-9,11H,1,10H2,(H,20,22). The Labute approximate surface area is 142 Å². The van der Waals surface area contributed by atoms with Crippen molar-refractivity contribution >= 4 is 34.3 Å². The molecule has 24 heavy (non-hydrogen) atoms. The summed E-state index contributed by atoms with van der Waals surface area (Å²) in [7, 11) is 0. The predicted octanol–water partition coefficient (Wildman–Crippen LogP) is 3.72. The summed E-state index contributed by atoms with van der Waals surface area (Å²) in [6.45, 7) is 3.67. The van der Waals surface area contributed by atoms with Gasteiger partial charge in [-0.05, 0) is 36.4 Å². The minimum atomic E-state index is -0.404. The first-order valence-corrected chi connectivity index (χ1v) is 8.20. The highest BCUT2D eigenvalue weighted by molar-refractivity contribution is 7.99. The van der Waals surface area contributed by atoms with E-state index >= 15 is 0 Å². The van der Waals surface area contributed by atoms with Crippen molar-refractivity contribution in [2.24, 2.45) is 0 Å². The zero-order valence-corrected chi connectivity index (χ0v) is 13.5. The van der Waals surface area contributed by atoms with Gasteiger partial charge in [0.2, 0.25) is 0 Å². The largest absolute Gasteiger partial charge is 0.423 e. The van der Waals surface area contributed by atoms with E-state index in [4.69, 9.17) is 4.42 Å². The van der Waals surface area contributed by atoms with E-state index in [9.17, 15) is 9.59 Å². The maximum Gasteiger partial charge on any atom is 0.336 e. The highest BCUT2D eigenvalue weighted by atomic mass is 32.2. The zero-order chi connectivity index (χ0) is 16.9. The van der Waals surface area contributed by atoms with E-state index in [1.54, 1.807) is 48.7 Å². The van der Waals surface area contributed by atoms with Crippen LogP contribution in [0.3, 0.4) is 0 Å². The van der Waals surface area contributed by atoms with Gasteiger partial charge in [0.05, 0.1) is 5.56 Å². The number of rotatable bonds is 5. The van der Waals surface area contributed by atoms with Crippen molar-refractivity contribution in [3.8, 4) is 0 Å². The molecule has 1 amide bonds. The van der Waals surface area contributed by atoms with E-state index in [0.29, 0.717) is 27.6 Å². The van der Waals surface area contributed by atoms with Crippen LogP contribution >= 0.6 is 11.8 Å². The molecule has 3 aromatic rings. The molecule has 2 aromatic heterocycles. The van der Waals surface area contributed by atoms with Crippen molar-refractivity contribution in [1.82, 2.24) is 4.98 Å². The van der Waals surface area contributed by atoms with Crippen molar-refractivity contribution in [3.63, 3.8) is 0 Å². The molecule has 0 spiro atoms. The Hall–Kier alpha value is -2.86. The first-order valence-electron chi connectivity index (χ1n) is 7.21. The Bertz CT molecular complexity index is 966. The number of carbonyl (C=O) groups excluding carboxylic acids is 1. The number of amides is 1. The van der Waals surface area contributed by atoms with Crippen molar-refractivity contribution in [3.05, 3.63) is 77.3 Å². The molecule has 0 bridgehead atoms. The lowest BCUT2D eigenvalue weighted by Gasteiger charge is -2.09. The quantitative estimate of drug-likeness (QED) is 0.436. The number of fused-ring (bicyclic) bond motifs is 1. The van der Waals surface area contributed by atoms with E-state index in [0.717, 1.165) is 5.39 Å². The smallest absolute Gasteiger partial charge is 0.336 e. The van der Waals surface area contributed by atoms with Crippen LogP contribution in [0.1, 0.15) is 10.4 Å². The summed E-state index contributed by atoms with van der Waals surface area (Å²) in [5.74, 6) is 0.429. The van der Waals surface area contributed by atoms with Crippen LogP contribution in [-0.4, -0.2) is 16.6 Å². The van der Waals surface area contributed by atoms with Crippen LogP contribution in [0.5, 0.6) is 0 Å². The fraction of sp³-hybridized carbons (Fsp3) is 0.0556. The third-order valence-electron chi connectivity index (χ3n) is 3.23. The van der Waals surface area contributed by atoms with Gasteiger partial charge in [0.25, 0.3) is 5.91 Å². The van der Waals surface area contributed by atoms with Crippen LogP contribution in [0.25, 0.3) is 11.0 Å². The van der Waals surface area contributed by atoms with Gasteiger partial charge in [-0.25, -0.2) is 9.78 Å². The predicted molar refractivity (Wildman–Crippen MR) is 95.6 cm³/mol. The second-order valence-electron chi connectivity index (χ2n) is 4.92. The van der Waals surface area contributed by atoms with E-state index < -0.39 is 5.63 Å². The van der Waals surface area contributed by atoms with Crippen LogP contribution in [0.2, 0.25) is 0 Å². The molecule has 0 aliphatic heterocycles. The lowest BCUT2D eigenvalue weighted by molar-refractivity contribution is 0.102. The van der Waals surface area contributed by atoms with E-state index in [1.807, 2.05) is 0 Å². The average Bonchev–Trinajstić information content (AvgIpc) is 2.60. The summed E-state index contributed by atoms with van der Waals surface area (Å²) in [5, 5.41) is 4.23. The van der Waals surface area contributed by atoms with Crippen LogP contribution in [0, 0.1) is 0 Å². The molecular weight excluding hydrogens is 324 g/mol. The monoisotopic (exact) mass is 338 g/mol. The van der Waals surface area contributed by atoms with Gasteiger partial charge in [-0.2, -0.15) is 0 Å². The summed E-state index contributed by atoms with van der Waals surface area (Å²) < 4.78 is 5.08. The molecule has 0 fully saturated rings. The third kappa shape index (κ3) is 3.55. The van der Waals surface area contributed by atoms with Gasteiger partial charge >= 0.3 is 5.63 Å². The number of anilines is 1. The van der Waals surface area contributed by atoms with Gasteiger partial charge in [0.1, 0.15) is 10.6 Å². The molecule has 0 radical (unpaired) electrons. The topological polar surface area (TPSA) is 72.2 Å². The maximum absolute atomic E-state index is 12.5. The third-order valence-corrected chi connectivity index (χ3v) is 4.23. The molecule has 6 heteroatoms. The number of hydrogen-bond acceptors (Lipinski definition) is 5. The summed E-state index contributed by atoms with van der Waals surface area (Å²) in [4.78, 5) is 28.0. The normalized spacial score (nSPS) is 10.5. The highest BCUT2D eigenvalue weighted by Gasteiger charge is 2.13. The summed E-state index contributed by atoms with van der Waals surface area (Å²) >= 11 is 1.45. The van der Waals surface area contributed by atoms with Crippen molar-refractivity contribution in [1.29, 1.82) is 0 Å². The number of carbonyl (C=O) groups is 1. The van der Waals surface area contributed by atoms with E-state index in [-0.39, 0.29) is 5.91 Å². The Morgan fingerprint density at radius 1 is 1.29 bits per heavy atom. The molecule has 5 nitrogen and oxygen atoms in total. The van der Waals surface area contributed by atoms with Gasteiger partial charge in [0, 0.05) is 29.1 Å². The number of nitrogens with zero attached hydrogens (tertiary/aromatic N) is 1. The molecule has 1 aromatic carbocycles.